The Balaban J connectivity index is 1.82. The average molecular weight is 340 g/mol. The Morgan fingerprint density at radius 3 is 2.46 bits per heavy atom. The van der Waals surface area contributed by atoms with Crippen molar-refractivity contribution in [3.63, 3.8) is 0 Å². The van der Waals surface area contributed by atoms with Crippen molar-refractivity contribution in [2.75, 3.05) is 13.1 Å². The molecule has 1 heterocycles. The van der Waals surface area contributed by atoms with Gasteiger partial charge in [0.25, 0.3) is 0 Å². The van der Waals surface area contributed by atoms with E-state index in [9.17, 15) is 18.0 Å². The van der Waals surface area contributed by atoms with Gasteiger partial charge < -0.3 is 10.2 Å². The van der Waals surface area contributed by atoms with E-state index in [0.717, 1.165) is 44.8 Å². The molecule has 0 aromatic heterocycles. The molecule has 1 saturated carbocycles. The van der Waals surface area contributed by atoms with Gasteiger partial charge in [-0.3, -0.25) is 4.79 Å². The van der Waals surface area contributed by atoms with Crippen molar-refractivity contribution < 1.29 is 18.0 Å². The van der Waals surface area contributed by atoms with E-state index in [1.807, 2.05) is 11.8 Å². The summed E-state index contributed by atoms with van der Waals surface area (Å²) in [5, 5.41) is 3.24. The fourth-order valence-electron chi connectivity index (χ4n) is 3.45. The number of rotatable bonds is 4. The maximum absolute atomic E-state index is 13.0. The lowest BCUT2D eigenvalue weighted by Crippen LogP contribution is -2.43. The summed E-state index contributed by atoms with van der Waals surface area (Å²) in [4.78, 5) is 14.8. The topological polar surface area (TPSA) is 32.3 Å². The summed E-state index contributed by atoms with van der Waals surface area (Å²) >= 11 is 0. The van der Waals surface area contributed by atoms with Gasteiger partial charge in [-0.15, -0.1) is 0 Å². The number of nitrogens with zero attached hydrogens (tertiary/aromatic N) is 1. The predicted octanol–water partition coefficient (Wildman–Crippen LogP) is 3.76. The summed E-state index contributed by atoms with van der Waals surface area (Å²) < 4.78 is 38.9. The molecule has 1 aromatic rings. The second-order valence-corrected chi connectivity index (χ2v) is 6.80. The number of benzene rings is 1. The van der Waals surface area contributed by atoms with Crippen LogP contribution in [-0.2, 0) is 11.0 Å². The van der Waals surface area contributed by atoms with Crippen LogP contribution in [0.4, 0.5) is 13.2 Å². The summed E-state index contributed by atoms with van der Waals surface area (Å²) in [7, 11) is 0. The quantitative estimate of drug-likeness (QED) is 0.905. The lowest BCUT2D eigenvalue weighted by atomic mass is 9.94. The van der Waals surface area contributed by atoms with Crippen LogP contribution in [-0.4, -0.2) is 29.9 Å². The molecule has 1 aromatic carbocycles. The van der Waals surface area contributed by atoms with Crippen LogP contribution in [0.15, 0.2) is 24.3 Å². The summed E-state index contributed by atoms with van der Waals surface area (Å²) in [6.45, 7) is 3.49. The standard InChI is InChI=1S/C18H23F3N2O/c1-12(14-3-2-4-15(11-14)18(19,20)21)23(16-5-6-16)17(24)13-7-9-22-10-8-13/h2-4,11-13,16,22H,5-10H2,1H3. The maximum atomic E-state index is 13.0. The molecule has 1 saturated heterocycles. The molecule has 3 nitrogen and oxygen atoms in total. The van der Waals surface area contributed by atoms with Crippen molar-refractivity contribution in [3.05, 3.63) is 35.4 Å². The smallest absolute Gasteiger partial charge is 0.333 e. The van der Waals surface area contributed by atoms with Crippen LogP contribution in [0.1, 0.15) is 49.8 Å². The van der Waals surface area contributed by atoms with Crippen molar-refractivity contribution >= 4 is 5.91 Å². The Morgan fingerprint density at radius 2 is 1.88 bits per heavy atom. The second-order valence-electron chi connectivity index (χ2n) is 6.80. The molecule has 1 aliphatic carbocycles. The Labute approximate surface area is 140 Å². The molecule has 0 bridgehead atoms. The zero-order chi connectivity index (χ0) is 17.3. The van der Waals surface area contributed by atoms with Crippen molar-refractivity contribution in [1.82, 2.24) is 10.2 Å². The van der Waals surface area contributed by atoms with E-state index in [0.29, 0.717) is 5.56 Å². The van der Waals surface area contributed by atoms with Crippen molar-refractivity contribution in [2.45, 2.75) is 50.9 Å². The van der Waals surface area contributed by atoms with Gasteiger partial charge >= 0.3 is 6.18 Å². The highest BCUT2D eigenvalue weighted by Gasteiger charge is 2.39. The average Bonchev–Trinajstić information content (AvgIpc) is 3.40. The highest BCUT2D eigenvalue weighted by atomic mass is 19.4. The number of amides is 1. The largest absolute Gasteiger partial charge is 0.416 e. The van der Waals surface area contributed by atoms with Crippen LogP contribution < -0.4 is 5.32 Å². The number of carbonyl (C=O) groups is 1. The molecular weight excluding hydrogens is 317 g/mol. The van der Waals surface area contributed by atoms with E-state index in [1.165, 1.54) is 12.1 Å². The molecule has 1 amide bonds. The van der Waals surface area contributed by atoms with Crippen LogP contribution in [0.2, 0.25) is 0 Å². The predicted molar refractivity (Wildman–Crippen MR) is 85.3 cm³/mol. The molecular formula is C18H23F3N2O. The molecule has 24 heavy (non-hydrogen) atoms. The van der Waals surface area contributed by atoms with Gasteiger partial charge in [0.05, 0.1) is 11.6 Å². The molecule has 1 aliphatic heterocycles. The van der Waals surface area contributed by atoms with Gasteiger partial charge in [0.2, 0.25) is 5.91 Å². The Bertz CT molecular complexity index is 592. The number of piperidine rings is 1. The minimum absolute atomic E-state index is 0.0138. The van der Waals surface area contributed by atoms with E-state index in [2.05, 4.69) is 5.32 Å². The molecule has 2 aliphatic rings. The molecule has 3 rings (SSSR count). The van der Waals surface area contributed by atoms with Crippen molar-refractivity contribution in [3.8, 4) is 0 Å². The zero-order valence-electron chi connectivity index (χ0n) is 13.8. The number of nitrogens with one attached hydrogen (secondary N) is 1. The summed E-state index contributed by atoms with van der Waals surface area (Å²) in [5.41, 5.74) is -0.101. The van der Waals surface area contributed by atoms with E-state index in [1.54, 1.807) is 6.07 Å². The highest BCUT2D eigenvalue weighted by Crippen LogP contribution is 2.38. The van der Waals surface area contributed by atoms with E-state index in [-0.39, 0.29) is 23.9 Å². The lowest BCUT2D eigenvalue weighted by molar-refractivity contribution is -0.139. The lowest BCUT2D eigenvalue weighted by Gasteiger charge is -2.34. The number of halogens is 3. The summed E-state index contributed by atoms with van der Waals surface area (Å²) in [6, 6.07) is 5.21. The Hall–Kier alpha value is -1.56. The fraction of sp³-hybridized carbons (Fsp3) is 0.611. The third-order valence-electron chi connectivity index (χ3n) is 5.00. The Kier molecular flexibility index (Phi) is 4.85. The monoisotopic (exact) mass is 340 g/mol. The van der Waals surface area contributed by atoms with E-state index in [4.69, 9.17) is 0 Å². The molecule has 1 unspecified atom stereocenters. The third kappa shape index (κ3) is 3.74. The van der Waals surface area contributed by atoms with E-state index >= 15 is 0 Å². The number of hydrogen-bond acceptors (Lipinski definition) is 2. The van der Waals surface area contributed by atoms with E-state index < -0.39 is 11.7 Å². The first-order valence-corrected chi connectivity index (χ1v) is 8.58. The second kappa shape index (κ2) is 6.75. The first-order valence-electron chi connectivity index (χ1n) is 8.58. The van der Waals surface area contributed by atoms with Gasteiger partial charge in [0, 0.05) is 12.0 Å². The fourth-order valence-corrected chi connectivity index (χ4v) is 3.45. The molecule has 132 valence electrons. The third-order valence-corrected chi connectivity index (χ3v) is 5.00. The SMILES string of the molecule is CC(c1cccc(C(F)(F)F)c1)N(C(=O)C1CCNCC1)C1CC1. The van der Waals surface area contributed by atoms with Gasteiger partial charge in [-0.25, -0.2) is 0 Å². The first-order chi connectivity index (χ1) is 11.4. The van der Waals surface area contributed by atoms with Gasteiger partial charge in [0.1, 0.15) is 0 Å². The van der Waals surface area contributed by atoms with Crippen molar-refractivity contribution in [2.24, 2.45) is 5.92 Å². The molecule has 6 heteroatoms. The van der Waals surface area contributed by atoms with Crippen LogP contribution in [0.25, 0.3) is 0 Å². The zero-order valence-corrected chi connectivity index (χ0v) is 13.8. The van der Waals surface area contributed by atoms with Crippen LogP contribution in [0.5, 0.6) is 0 Å². The highest BCUT2D eigenvalue weighted by molar-refractivity contribution is 5.80. The molecule has 1 atom stereocenters. The number of alkyl halides is 3. The van der Waals surface area contributed by atoms with Gasteiger partial charge in [0.15, 0.2) is 0 Å². The molecule has 0 radical (unpaired) electrons. The first kappa shape index (κ1) is 17.3. The summed E-state index contributed by atoms with van der Waals surface area (Å²) in [6.07, 6.45) is -0.867. The number of hydrogen-bond donors (Lipinski definition) is 1. The maximum Gasteiger partial charge on any atom is 0.416 e. The minimum Gasteiger partial charge on any atom is -0.333 e. The van der Waals surface area contributed by atoms with Gasteiger partial charge in [-0.1, -0.05) is 12.1 Å². The summed E-state index contributed by atoms with van der Waals surface area (Å²) in [5.74, 6) is 0.0870. The van der Waals surface area contributed by atoms with Gasteiger partial charge in [-0.2, -0.15) is 13.2 Å². The van der Waals surface area contributed by atoms with Crippen LogP contribution in [0, 0.1) is 5.92 Å². The molecule has 2 fully saturated rings. The van der Waals surface area contributed by atoms with Crippen molar-refractivity contribution in [1.29, 1.82) is 0 Å². The van der Waals surface area contributed by atoms with Crippen LogP contribution in [0.3, 0.4) is 0 Å². The number of carbonyl (C=O) groups excluding carboxylic acids is 1. The normalized spacial score (nSPS) is 20.7. The molecule has 0 spiro atoms. The van der Waals surface area contributed by atoms with Crippen LogP contribution >= 0.6 is 0 Å². The Morgan fingerprint density at radius 1 is 1.21 bits per heavy atom. The van der Waals surface area contributed by atoms with Gasteiger partial charge in [-0.05, 0) is 63.4 Å². The molecule has 1 N–H and O–H groups in total. The minimum atomic E-state index is -4.36.